The smallest absolute Gasteiger partial charge is 0.176 e. The first kappa shape index (κ1) is 14.4. The van der Waals surface area contributed by atoms with E-state index in [1.807, 2.05) is 31.3 Å². The van der Waals surface area contributed by atoms with Crippen LogP contribution in [0.25, 0.3) is 0 Å². The van der Waals surface area contributed by atoms with E-state index in [0.717, 1.165) is 23.0 Å². The number of benzene rings is 1. The molecule has 0 saturated carbocycles. The fourth-order valence-corrected chi connectivity index (χ4v) is 1.96. The summed E-state index contributed by atoms with van der Waals surface area (Å²) in [6, 6.07) is 7.56. The van der Waals surface area contributed by atoms with Gasteiger partial charge in [-0.3, -0.25) is 9.69 Å². The number of ketones is 1. The molecule has 17 heavy (non-hydrogen) atoms. The third-order valence-electron chi connectivity index (χ3n) is 2.65. The SMILES string of the molecule is CC(C)CCN(C)CC(=O)c1cccc(Br)c1. The lowest BCUT2D eigenvalue weighted by Gasteiger charge is -2.16. The van der Waals surface area contributed by atoms with Gasteiger partial charge in [0.25, 0.3) is 0 Å². The number of hydrogen-bond acceptors (Lipinski definition) is 2. The molecule has 0 heterocycles. The first-order valence-corrected chi connectivity index (χ1v) is 6.75. The second kappa shape index (κ2) is 6.92. The van der Waals surface area contributed by atoms with Gasteiger partial charge in [-0.1, -0.05) is 41.9 Å². The van der Waals surface area contributed by atoms with Crippen LogP contribution in [0.15, 0.2) is 28.7 Å². The molecule has 0 unspecified atom stereocenters. The minimum atomic E-state index is 0.178. The monoisotopic (exact) mass is 297 g/mol. The fraction of sp³-hybridized carbons (Fsp3) is 0.500. The molecule has 1 aromatic carbocycles. The van der Waals surface area contributed by atoms with Crippen molar-refractivity contribution in [1.82, 2.24) is 4.90 Å². The maximum Gasteiger partial charge on any atom is 0.176 e. The van der Waals surface area contributed by atoms with Crippen molar-refractivity contribution in [3.8, 4) is 0 Å². The first-order chi connectivity index (χ1) is 7.99. The zero-order valence-electron chi connectivity index (χ0n) is 10.7. The standard InChI is InChI=1S/C14H20BrNO/c1-11(2)7-8-16(3)10-14(17)12-5-4-6-13(15)9-12/h4-6,9,11H,7-8,10H2,1-3H3. The Kier molecular flexibility index (Phi) is 5.86. The zero-order valence-corrected chi connectivity index (χ0v) is 12.3. The quantitative estimate of drug-likeness (QED) is 0.748. The van der Waals surface area contributed by atoms with Gasteiger partial charge in [-0.15, -0.1) is 0 Å². The third kappa shape index (κ3) is 5.46. The largest absolute Gasteiger partial charge is 0.299 e. The van der Waals surface area contributed by atoms with Crippen molar-refractivity contribution in [2.45, 2.75) is 20.3 Å². The van der Waals surface area contributed by atoms with Crippen LogP contribution < -0.4 is 0 Å². The summed E-state index contributed by atoms with van der Waals surface area (Å²) in [4.78, 5) is 14.1. The predicted molar refractivity (Wildman–Crippen MR) is 75.4 cm³/mol. The summed E-state index contributed by atoms with van der Waals surface area (Å²) in [5, 5.41) is 0. The summed E-state index contributed by atoms with van der Waals surface area (Å²) >= 11 is 3.38. The summed E-state index contributed by atoms with van der Waals surface area (Å²) in [5.74, 6) is 0.857. The molecule has 0 N–H and O–H groups in total. The normalized spacial score (nSPS) is 11.2. The van der Waals surface area contributed by atoms with Crippen LogP contribution in [-0.4, -0.2) is 30.8 Å². The van der Waals surface area contributed by atoms with Crippen molar-refractivity contribution in [3.63, 3.8) is 0 Å². The lowest BCUT2D eigenvalue weighted by atomic mass is 10.1. The van der Waals surface area contributed by atoms with Gasteiger partial charge < -0.3 is 0 Å². The van der Waals surface area contributed by atoms with Crippen LogP contribution in [-0.2, 0) is 0 Å². The van der Waals surface area contributed by atoms with Crippen LogP contribution in [0.4, 0.5) is 0 Å². The van der Waals surface area contributed by atoms with Gasteiger partial charge in [-0.2, -0.15) is 0 Å². The molecule has 0 amide bonds. The molecule has 0 spiro atoms. The predicted octanol–water partition coefficient (Wildman–Crippen LogP) is 3.61. The summed E-state index contributed by atoms with van der Waals surface area (Å²) in [5.41, 5.74) is 0.774. The van der Waals surface area contributed by atoms with Gasteiger partial charge in [0.1, 0.15) is 0 Å². The van der Waals surface area contributed by atoms with Crippen LogP contribution in [0.1, 0.15) is 30.6 Å². The maximum absolute atomic E-state index is 12.0. The molecule has 2 nitrogen and oxygen atoms in total. The van der Waals surface area contributed by atoms with E-state index in [1.165, 1.54) is 0 Å². The number of Topliss-reactive ketones (excluding diaryl/α,β-unsaturated/α-hetero) is 1. The van der Waals surface area contributed by atoms with Gasteiger partial charge in [0.15, 0.2) is 5.78 Å². The Hall–Kier alpha value is -0.670. The van der Waals surface area contributed by atoms with Crippen LogP contribution >= 0.6 is 15.9 Å². The molecule has 0 saturated heterocycles. The number of nitrogens with zero attached hydrogens (tertiary/aromatic N) is 1. The number of carbonyl (C=O) groups excluding carboxylic acids is 1. The highest BCUT2D eigenvalue weighted by Crippen LogP contribution is 2.12. The Balaban J connectivity index is 2.49. The molecule has 0 aromatic heterocycles. The molecule has 94 valence electrons. The van der Waals surface area contributed by atoms with Gasteiger partial charge in [-0.05, 0) is 38.1 Å². The van der Waals surface area contributed by atoms with E-state index in [2.05, 4.69) is 34.7 Å². The van der Waals surface area contributed by atoms with Crippen LogP contribution in [0.2, 0.25) is 0 Å². The van der Waals surface area contributed by atoms with Gasteiger partial charge >= 0.3 is 0 Å². The van der Waals surface area contributed by atoms with Crippen molar-refractivity contribution < 1.29 is 4.79 Å². The van der Waals surface area contributed by atoms with Crippen molar-refractivity contribution in [1.29, 1.82) is 0 Å². The maximum atomic E-state index is 12.0. The molecule has 1 rings (SSSR count). The number of rotatable bonds is 6. The van der Waals surface area contributed by atoms with Crippen molar-refractivity contribution >= 4 is 21.7 Å². The van der Waals surface area contributed by atoms with Crippen molar-refractivity contribution in [2.75, 3.05) is 20.1 Å². The molecule has 0 aliphatic carbocycles. The topological polar surface area (TPSA) is 20.3 Å². The Morgan fingerprint density at radius 2 is 2.12 bits per heavy atom. The van der Waals surface area contributed by atoms with E-state index in [-0.39, 0.29) is 5.78 Å². The minimum Gasteiger partial charge on any atom is -0.299 e. The molecule has 0 bridgehead atoms. The van der Waals surface area contributed by atoms with E-state index in [0.29, 0.717) is 12.5 Å². The van der Waals surface area contributed by atoms with Gasteiger partial charge in [0.2, 0.25) is 0 Å². The van der Waals surface area contributed by atoms with Gasteiger partial charge in [0, 0.05) is 10.0 Å². The summed E-state index contributed by atoms with van der Waals surface area (Å²) < 4.78 is 0.952. The second-order valence-corrected chi connectivity index (χ2v) is 5.77. The van der Waals surface area contributed by atoms with Crippen molar-refractivity contribution in [3.05, 3.63) is 34.3 Å². The molecule has 0 radical (unpaired) electrons. The molecule has 0 fully saturated rings. The Bertz CT molecular complexity index is 376. The lowest BCUT2D eigenvalue weighted by molar-refractivity contribution is 0.0943. The number of carbonyl (C=O) groups is 1. The molecule has 0 aliphatic heterocycles. The molecule has 0 atom stereocenters. The average Bonchev–Trinajstić information content (AvgIpc) is 2.26. The minimum absolute atomic E-state index is 0.178. The van der Waals surface area contributed by atoms with Crippen LogP contribution in [0.5, 0.6) is 0 Å². The second-order valence-electron chi connectivity index (χ2n) is 4.85. The Labute approximate surface area is 112 Å². The summed E-state index contributed by atoms with van der Waals surface area (Å²) in [7, 11) is 2.00. The van der Waals surface area contributed by atoms with Crippen molar-refractivity contribution in [2.24, 2.45) is 5.92 Å². The van der Waals surface area contributed by atoms with Gasteiger partial charge in [-0.25, -0.2) is 0 Å². The third-order valence-corrected chi connectivity index (χ3v) is 3.14. The van der Waals surface area contributed by atoms with E-state index in [1.54, 1.807) is 0 Å². The van der Waals surface area contributed by atoms with Crippen LogP contribution in [0.3, 0.4) is 0 Å². The lowest BCUT2D eigenvalue weighted by Crippen LogP contribution is -2.27. The molecular weight excluding hydrogens is 278 g/mol. The van der Waals surface area contributed by atoms with Gasteiger partial charge in [0.05, 0.1) is 6.54 Å². The van der Waals surface area contributed by atoms with E-state index >= 15 is 0 Å². The summed E-state index contributed by atoms with van der Waals surface area (Å²) in [6.07, 6.45) is 1.13. The molecule has 3 heteroatoms. The first-order valence-electron chi connectivity index (χ1n) is 5.96. The van der Waals surface area contributed by atoms with Crippen LogP contribution in [0, 0.1) is 5.92 Å². The highest BCUT2D eigenvalue weighted by Gasteiger charge is 2.09. The fourth-order valence-electron chi connectivity index (χ4n) is 1.56. The molecule has 1 aromatic rings. The number of hydrogen-bond donors (Lipinski definition) is 0. The zero-order chi connectivity index (χ0) is 12.8. The average molecular weight is 298 g/mol. The van der Waals surface area contributed by atoms with E-state index in [4.69, 9.17) is 0 Å². The van der Waals surface area contributed by atoms with E-state index in [9.17, 15) is 4.79 Å². The Morgan fingerprint density at radius 3 is 2.71 bits per heavy atom. The highest BCUT2D eigenvalue weighted by atomic mass is 79.9. The number of likely N-dealkylation sites (N-methyl/N-ethyl adjacent to an activating group) is 1. The highest BCUT2D eigenvalue weighted by molar-refractivity contribution is 9.10. The summed E-state index contributed by atoms with van der Waals surface area (Å²) in [6.45, 7) is 5.86. The Morgan fingerprint density at radius 1 is 1.41 bits per heavy atom. The molecule has 0 aliphatic rings. The number of halogens is 1. The molecular formula is C14H20BrNO. The van der Waals surface area contributed by atoms with E-state index < -0.39 is 0 Å².